The van der Waals surface area contributed by atoms with Gasteiger partial charge in [-0.15, -0.1) is 0 Å². The Balaban J connectivity index is 2.26. The highest BCUT2D eigenvalue weighted by Crippen LogP contribution is 2.20. The summed E-state index contributed by atoms with van der Waals surface area (Å²) in [5.74, 6) is -0.970. The Morgan fingerprint density at radius 3 is 2.53 bits per heavy atom. The Kier molecular flexibility index (Phi) is 3.40. The molecular formula is C13H10ClNO2. The molecule has 0 aliphatic carbocycles. The normalized spacial score (nSPS) is 10.2. The van der Waals surface area contributed by atoms with Gasteiger partial charge in [-0.25, -0.2) is 4.79 Å². The molecule has 0 fully saturated rings. The second-order valence-corrected chi connectivity index (χ2v) is 4.05. The van der Waals surface area contributed by atoms with Crippen LogP contribution in [0.1, 0.15) is 21.5 Å². The van der Waals surface area contributed by atoms with Gasteiger partial charge < -0.3 is 5.11 Å². The summed E-state index contributed by atoms with van der Waals surface area (Å²) in [5, 5.41) is 9.30. The fourth-order valence-electron chi connectivity index (χ4n) is 1.54. The maximum Gasteiger partial charge on any atom is 0.335 e. The number of carboxylic acids is 1. The minimum atomic E-state index is -0.970. The number of benzene rings is 1. The van der Waals surface area contributed by atoms with Crippen molar-refractivity contribution in [2.45, 2.75) is 6.42 Å². The van der Waals surface area contributed by atoms with Crippen molar-refractivity contribution < 1.29 is 9.90 Å². The van der Waals surface area contributed by atoms with Gasteiger partial charge in [0.2, 0.25) is 0 Å². The van der Waals surface area contributed by atoms with E-state index in [2.05, 4.69) is 4.98 Å². The van der Waals surface area contributed by atoms with Gasteiger partial charge in [0.15, 0.2) is 0 Å². The minimum absolute atomic E-state index is 0.202. The van der Waals surface area contributed by atoms with Gasteiger partial charge in [-0.1, -0.05) is 17.7 Å². The summed E-state index contributed by atoms with van der Waals surface area (Å²) < 4.78 is 0. The lowest BCUT2D eigenvalue weighted by Gasteiger charge is -2.05. The van der Waals surface area contributed by atoms with E-state index in [1.165, 1.54) is 6.07 Å². The molecule has 1 aromatic heterocycles. The zero-order valence-electron chi connectivity index (χ0n) is 8.93. The number of rotatable bonds is 3. The first-order chi connectivity index (χ1) is 8.16. The molecule has 0 amide bonds. The first kappa shape index (κ1) is 11.6. The number of carboxylic acid groups (broad SMARTS) is 1. The van der Waals surface area contributed by atoms with E-state index in [0.717, 1.165) is 11.1 Å². The van der Waals surface area contributed by atoms with Gasteiger partial charge in [-0.3, -0.25) is 4.98 Å². The zero-order valence-corrected chi connectivity index (χ0v) is 9.69. The van der Waals surface area contributed by atoms with Crippen LogP contribution in [-0.4, -0.2) is 16.1 Å². The number of aromatic nitrogens is 1. The number of hydrogen-bond donors (Lipinski definition) is 1. The summed E-state index contributed by atoms with van der Waals surface area (Å²) in [6.07, 6.45) is 4.10. The molecule has 3 nitrogen and oxygen atoms in total. The lowest BCUT2D eigenvalue weighted by molar-refractivity contribution is 0.0697. The predicted molar refractivity (Wildman–Crippen MR) is 65.5 cm³/mol. The number of pyridine rings is 1. The predicted octanol–water partition coefficient (Wildman–Crippen LogP) is 3.02. The zero-order chi connectivity index (χ0) is 12.3. The van der Waals surface area contributed by atoms with E-state index in [0.29, 0.717) is 11.4 Å². The van der Waals surface area contributed by atoms with Crippen LogP contribution in [0.2, 0.25) is 5.02 Å². The highest BCUT2D eigenvalue weighted by atomic mass is 35.5. The van der Waals surface area contributed by atoms with E-state index in [1.807, 2.05) is 12.1 Å². The maximum absolute atomic E-state index is 10.8. The lowest BCUT2D eigenvalue weighted by Crippen LogP contribution is -1.97. The van der Waals surface area contributed by atoms with E-state index in [4.69, 9.17) is 16.7 Å². The number of aromatic carboxylic acids is 1. The average Bonchev–Trinajstić information content (AvgIpc) is 2.33. The molecule has 1 aromatic carbocycles. The molecule has 0 radical (unpaired) electrons. The number of carbonyl (C=O) groups is 1. The summed E-state index contributed by atoms with van der Waals surface area (Å²) in [6, 6.07) is 8.58. The van der Waals surface area contributed by atoms with Gasteiger partial charge in [0.05, 0.1) is 5.56 Å². The van der Waals surface area contributed by atoms with Crippen LogP contribution in [0.25, 0.3) is 0 Å². The summed E-state index contributed by atoms with van der Waals surface area (Å²) in [7, 11) is 0. The summed E-state index contributed by atoms with van der Waals surface area (Å²) in [6.45, 7) is 0. The second kappa shape index (κ2) is 4.97. The minimum Gasteiger partial charge on any atom is -0.478 e. The van der Waals surface area contributed by atoms with E-state index >= 15 is 0 Å². The van der Waals surface area contributed by atoms with E-state index in [-0.39, 0.29) is 5.56 Å². The quantitative estimate of drug-likeness (QED) is 0.907. The van der Waals surface area contributed by atoms with Gasteiger partial charge in [-0.05, 0) is 41.8 Å². The molecule has 0 unspecified atom stereocenters. The van der Waals surface area contributed by atoms with Crippen molar-refractivity contribution >= 4 is 17.6 Å². The summed E-state index contributed by atoms with van der Waals surface area (Å²) >= 11 is 6.04. The molecule has 1 N–H and O–H groups in total. The lowest BCUT2D eigenvalue weighted by atomic mass is 10.0. The van der Waals surface area contributed by atoms with Crippen LogP contribution >= 0.6 is 11.6 Å². The molecule has 17 heavy (non-hydrogen) atoms. The number of halogens is 1. The van der Waals surface area contributed by atoms with Crippen molar-refractivity contribution in [1.82, 2.24) is 4.98 Å². The Morgan fingerprint density at radius 1 is 1.24 bits per heavy atom. The molecule has 2 rings (SSSR count). The largest absolute Gasteiger partial charge is 0.478 e. The molecule has 4 heteroatoms. The molecule has 1 heterocycles. The second-order valence-electron chi connectivity index (χ2n) is 3.64. The van der Waals surface area contributed by atoms with E-state index in [9.17, 15) is 4.79 Å². The van der Waals surface area contributed by atoms with Crippen molar-refractivity contribution in [2.24, 2.45) is 0 Å². The monoisotopic (exact) mass is 247 g/mol. The third-order valence-electron chi connectivity index (χ3n) is 2.44. The Morgan fingerprint density at radius 2 is 1.94 bits per heavy atom. The van der Waals surface area contributed by atoms with Crippen LogP contribution in [0, 0.1) is 0 Å². The highest BCUT2D eigenvalue weighted by Gasteiger charge is 2.07. The first-order valence-corrected chi connectivity index (χ1v) is 5.45. The standard InChI is InChI=1S/C13H10ClNO2/c14-12-8-11(13(16)17)2-1-10(12)7-9-3-5-15-6-4-9/h1-6,8H,7H2,(H,16,17). The molecular weight excluding hydrogens is 238 g/mol. The topological polar surface area (TPSA) is 50.2 Å². The van der Waals surface area contributed by atoms with Gasteiger partial charge in [-0.2, -0.15) is 0 Å². The Bertz CT molecular complexity index is 540. The van der Waals surface area contributed by atoms with Gasteiger partial charge in [0, 0.05) is 17.4 Å². The van der Waals surface area contributed by atoms with Crippen molar-refractivity contribution in [3.05, 3.63) is 64.4 Å². The van der Waals surface area contributed by atoms with Crippen LogP contribution < -0.4 is 0 Å². The van der Waals surface area contributed by atoms with Crippen molar-refractivity contribution in [1.29, 1.82) is 0 Å². The van der Waals surface area contributed by atoms with Crippen molar-refractivity contribution in [3.63, 3.8) is 0 Å². The average molecular weight is 248 g/mol. The van der Waals surface area contributed by atoms with E-state index < -0.39 is 5.97 Å². The van der Waals surface area contributed by atoms with Gasteiger partial charge >= 0.3 is 5.97 Å². The van der Waals surface area contributed by atoms with Gasteiger partial charge in [0.1, 0.15) is 0 Å². The maximum atomic E-state index is 10.8. The molecule has 0 aliphatic heterocycles. The summed E-state index contributed by atoms with van der Waals surface area (Å²) in [5.41, 5.74) is 2.20. The van der Waals surface area contributed by atoms with Crippen molar-refractivity contribution in [2.75, 3.05) is 0 Å². The third-order valence-corrected chi connectivity index (χ3v) is 2.80. The Hall–Kier alpha value is -1.87. The van der Waals surface area contributed by atoms with Crippen LogP contribution in [-0.2, 0) is 6.42 Å². The van der Waals surface area contributed by atoms with Crippen LogP contribution in [0.15, 0.2) is 42.7 Å². The van der Waals surface area contributed by atoms with E-state index in [1.54, 1.807) is 24.5 Å². The molecule has 2 aromatic rings. The molecule has 0 saturated carbocycles. The summed E-state index contributed by atoms with van der Waals surface area (Å²) in [4.78, 5) is 14.7. The van der Waals surface area contributed by atoms with Crippen molar-refractivity contribution in [3.8, 4) is 0 Å². The molecule has 0 bridgehead atoms. The van der Waals surface area contributed by atoms with Crippen LogP contribution in [0.4, 0.5) is 0 Å². The SMILES string of the molecule is O=C(O)c1ccc(Cc2ccncc2)c(Cl)c1. The fraction of sp³-hybridized carbons (Fsp3) is 0.0769. The van der Waals surface area contributed by atoms with Crippen LogP contribution in [0.5, 0.6) is 0 Å². The molecule has 0 aliphatic rings. The molecule has 0 atom stereocenters. The smallest absolute Gasteiger partial charge is 0.335 e. The Labute approximate surface area is 104 Å². The number of hydrogen-bond acceptors (Lipinski definition) is 2. The van der Waals surface area contributed by atoms with Gasteiger partial charge in [0.25, 0.3) is 0 Å². The fourth-order valence-corrected chi connectivity index (χ4v) is 1.79. The first-order valence-electron chi connectivity index (χ1n) is 5.07. The molecule has 86 valence electrons. The van der Waals surface area contributed by atoms with Crippen LogP contribution in [0.3, 0.4) is 0 Å². The molecule has 0 saturated heterocycles. The molecule has 0 spiro atoms. The number of nitrogens with zero attached hydrogens (tertiary/aromatic N) is 1. The highest BCUT2D eigenvalue weighted by molar-refractivity contribution is 6.31. The third kappa shape index (κ3) is 2.82.